The lowest BCUT2D eigenvalue weighted by Gasteiger charge is -2.24. The van der Waals surface area contributed by atoms with Crippen LogP contribution >= 0.6 is 38.9 Å². The van der Waals surface area contributed by atoms with Crippen LogP contribution in [0, 0.1) is 6.92 Å². The van der Waals surface area contributed by atoms with Crippen molar-refractivity contribution in [3.05, 3.63) is 15.4 Å². The summed E-state index contributed by atoms with van der Waals surface area (Å²) in [6.07, 6.45) is 0.583. The molecular formula is C10H15BrClNO2S2. The van der Waals surface area contributed by atoms with Gasteiger partial charge in [-0.25, -0.2) is 13.1 Å². The fourth-order valence-corrected chi connectivity index (χ4v) is 5.41. The fourth-order valence-electron chi connectivity index (χ4n) is 1.27. The molecule has 0 atom stereocenters. The van der Waals surface area contributed by atoms with E-state index in [-0.39, 0.29) is 0 Å². The van der Waals surface area contributed by atoms with E-state index in [4.69, 9.17) is 11.6 Å². The zero-order valence-electron chi connectivity index (χ0n) is 9.88. The van der Waals surface area contributed by atoms with Gasteiger partial charge in [-0.05, 0) is 54.8 Å². The maximum Gasteiger partial charge on any atom is 0.250 e. The normalized spacial score (nSPS) is 13.0. The van der Waals surface area contributed by atoms with Crippen molar-refractivity contribution in [3.63, 3.8) is 0 Å². The first kappa shape index (κ1) is 15.4. The number of rotatable bonds is 5. The molecule has 0 saturated carbocycles. The Balaban J connectivity index is 2.97. The second-order valence-electron chi connectivity index (χ2n) is 4.45. The van der Waals surface area contributed by atoms with Crippen molar-refractivity contribution in [2.24, 2.45) is 0 Å². The van der Waals surface area contributed by atoms with Crippen LogP contribution in [0.1, 0.15) is 25.8 Å². The summed E-state index contributed by atoms with van der Waals surface area (Å²) in [6.45, 7) is 5.51. The summed E-state index contributed by atoms with van der Waals surface area (Å²) in [5.41, 5.74) is 0.385. The number of thiophene rings is 1. The van der Waals surface area contributed by atoms with E-state index >= 15 is 0 Å². The molecule has 17 heavy (non-hydrogen) atoms. The van der Waals surface area contributed by atoms with Crippen LogP contribution in [0.5, 0.6) is 0 Å². The first-order valence-corrected chi connectivity index (χ1v) is 8.66. The molecule has 0 aliphatic rings. The van der Waals surface area contributed by atoms with E-state index in [1.807, 2.05) is 20.8 Å². The summed E-state index contributed by atoms with van der Waals surface area (Å²) in [5.74, 6) is 0.419. The Morgan fingerprint density at radius 3 is 2.53 bits per heavy atom. The Hall–Kier alpha value is 0.380. The number of alkyl halides is 1. The summed E-state index contributed by atoms with van der Waals surface area (Å²) in [4.78, 5) is 0. The molecule has 0 fully saturated rings. The minimum Gasteiger partial charge on any atom is -0.206 e. The molecular weight excluding hydrogens is 346 g/mol. The Morgan fingerprint density at radius 1 is 1.53 bits per heavy atom. The molecule has 0 bridgehead atoms. The summed E-state index contributed by atoms with van der Waals surface area (Å²) < 4.78 is 28.1. The van der Waals surface area contributed by atoms with Crippen molar-refractivity contribution < 1.29 is 8.42 Å². The zero-order chi connectivity index (χ0) is 13.3. The smallest absolute Gasteiger partial charge is 0.206 e. The van der Waals surface area contributed by atoms with E-state index in [1.54, 1.807) is 6.07 Å². The van der Waals surface area contributed by atoms with Crippen molar-refractivity contribution in [2.45, 2.75) is 36.9 Å². The van der Waals surface area contributed by atoms with Crippen LogP contribution in [0.2, 0.25) is 0 Å². The lowest BCUT2D eigenvalue weighted by molar-refractivity contribution is 0.442. The lowest BCUT2D eigenvalue weighted by atomic mass is 10.0. The van der Waals surface area contributed by atoms with Gasteiger partial charge in [0.1, 0.15) is 4.21 Å². The molecule has 0 unspecified atom stereocenters. The summed E-state index contributed by atoms with van der Waals surface area (Å²) in [6, 6.07) is 1.66. The molecule has 0 radical (unpaired) electrons. The first-order valence-electron chi connectivity index (χ1n) is 5.04. The highest BCUT2D eigenvalue weighted by molar-refractivity contribution is 9.11. The van der Waals surface area contributed by atoms with Gasteiger partial charge in [0.25, 0.3) is 10.0 Å². The molecule has 0 amide bonds. The second kappa shape index (κ2) is 5.57. The average molecular weight is 361 g/mol. The van der Waals surface area contributed by atoms with Crippen LogP contribution in [0.4, 0.5) is 0 Å². The number of hydrogen-bond acceptors (Lipinski definition) is 3. The third-order valence-electron chi connectivity index (χ3n) is 2.23. The first-order chi connectivity index (χ1) is 7.68. The molecule has 0 aromatic carbocycles. The number of nitrogens with one attached hydrogen (secondary N) is 1. The summed E-state index contributed by atoms with van der Waals surface area (Å²) >= 11 is 10.2. The quantitative estimate of drug-likeness (QED) is 0.817. The van der Waals surface area contributed by atoms with Crippen molar-refractivity contribution in [1.82, 2.24) is 4.72 Å². The van der Waals surface area contributed by atoms with Crippen LogP contribution in [-0.4, -0.2) is 19.8 Å². The number of sulfonamides is 1. The lowest BCUT2D eigenvalue weighted by Crippen LogP contribution is -2.43. The van der Waals surface area contributed by atoms with Crippen molar-refractivity contribution in [3.8, 4) is 0 Å². The third-order valence-corrected chi connectivity index (χ3v) is 6.73. The maximum atomic E-state index is 12.1. The van der Waals surface area contributed by atoms with Crippen molar-refractivity contribution in [1.29, 1.82) is 0 Å². The van der Waals surface area contributed by atoms with Crippen LogP contribution in [0.25, 0.3) is 0 Å². The average Bonchev–Trinajstić information content (AvgIpc) is 2.45. The molecule has 1 aromatic heterocycles. The minimum absolute atomic E-state index is 0.324. The van der Waals surface area contributed by atoms with Gasteiger partial charge in [0.2, 0.25) is 0 Å². The Labute approximate surface area is 120 Å². The van der Waals surface area contributed by atoms with Gasteiger partial charge in [0.05, 0.1) is 3.79 Å². The van der Waals surface area contributed by atoms with Gasteiger partial charge in [0, 0.05) is 11.4 Å². The molecule has 1 aromatic rings. The monoisotopic (exact) mass is 359 g/mol. The molecule has 0 saturated heterocycles. The van der Waals surface area contributed by atoms with Gasteiger partial charge in [0.15, 0.2) is 0 Å². The van der Waals surface area contributed by atoms with E-state index in [1.165, 1.54) is 11.3 Å². The fraction of sp³-hybridized carbons (Fsp3) is 0.600. The van der Waals surface area contributed by atoms with Crippen molar-refractivity contribution >= 4 is 48.9 Å². The second-order valence-corrected chi connectivity index (χ2v) is 9.11. The van der Waals surface area contributed by atoms with Gasteiger partial charge < -0.3 is 0 Å². The predicted molar refractivity (Wildman–Crippen MR) is 76.5 cm³/mol. The highest BCUT2D eigenvalue weighted by atomic mass is 79.9. The molecule has 1 N–H and O–H groups in total. The molecule has 1 heterocycles. The van der Waals surface area contributed by atoms with Crippen LogP contribution in [-0.2, 0) is 10.0 Å². The van der Waals surface area contributed by atoms with Gasteiger partial charge in [-0.2, -0.15) is 0 Å². The van der Waals surface area contributed by atoms with E-state index in [0.717, 1.165) is 9.35 Å². The third kappa shape index (κ3) is 4.21. The molecule has 7 heteroatoms. The Kier molecular flexibility index (Phi) is 5.06. The van der Waals surface area contributed by atoms with Crippen molar-refractivity contribution in [2.75, 3.05) is 5.88 Å². The molecule has 98 valence electrons. The topological polar surface area (TPSA) is 46.2 Å². The van der Waals surface area contributed by atoms with Gasteiger partial charge in [-0.3, -0.25) is 0 Å². The highest BCUT2D eigenvalue weighted by Crippen LogP contribution is 2.31. The Morgan fingerprint density at radius 2 is 2.12 bits per heavy atom. The predicted octanol–water partition coefficient (Wildman–Crippen LogP) is 3.50. The van der Waals surface area contributed by atoms with Crippen LogP contribution < -0.4 is 4.72 Å². The Bertz CT molecular complexity index is 477. The van der Waals surface area contributed by atoms with E-state index < -0.39 is 15.6 Å². The van der Waals surface area contributed by atoms with Gasteiger partial charge in [-0.1, -0.05) is 0 Å². The van der Waals surface area contributed by atoms with Crippen LogP contribution in [0.15, 0.2) is 14.1 Å². The molecule has 0 aliphatic carbocycles. The SMILES string of the molecule is Cc1cc(S(=O)(=O)NC(C)(C)CCCl)sc1Br. The largest absolute Gasteiger partial charge is 0.250 e. The molecule has 0 spiro atoms. The summed E-state index contributed by atoms with van der Waals surface area (Å²) in [5, 5.41) is 0. The standard InChI is InChI=1S/C10H15BrClNO2S2/c1-7-6-8(16-9(7)11)17(14,15)13-10(2,3)4-5-12/h6,13H,4-5H2,1-3H3. The maximum absolute atomic E-state index is 12.1. The number of halogens is 2. The highest BCUT2D eigenvalue weighted by Gasteiger charge is 2.27. The van der Waals surface area contributed by atoms with Crippen LogP contribution in [0.3, 0.4) is 0 Å². The van der Waals surface area contributed by atoms with E-state index in [9.17, 15) is 8.42 Å². The molecule has 3 nitrogen and oxygen atoms in total. The minimum atomic E-state index is -3.46. The summed E-state index contributed by atoms with van der Waals surface area (Å²) in [7, 11) is -3.46. The number of aryl methyl sites for hydroxylation is 1. The molecule has 1 rings (SSSR count). The van der Waals surface area contributed by atoms with E-state index in [2.05, 4.69) is 20.7 Å². The van der Waals surface area contributed by atoms with Gasteiger partial charge >= 0.3 is 0 Å². The number of hydrogen-bond donors (Lipinski definition) is 1. The molecule has 0 aliphatic heterocycles. The van der Waals surface area contributed by atoms with Gasteiger partial charge in [-0.15, -0.1) is 22.9 Å². The van der Waals surface area contributed by atoms with E-state index in [0.29, 0.717) is 16.5 Å². The zero-order valence-corrected chi connectivity index (χ0v) is 13.9.